The van der Waals surface area contributed by atoms with Gasteiger partial charge in [-0.3, -0.25) is 4.79 Å². The molecular weight excluding hydrogens is 402 g/mol. The summed E-state index contributed by atoms with van der Waals surface area (Å²) in [6.07, 6.45) is 2.64. The highest BCUT2D eigenvalue weighted by Gasteiger charge is 2.28. The minimum absolute atomic E-state index is 0.276. The van der Waals surface area contributed by atoms with Crippen molar-refractivity contribution in [2.24, 2.45) is 0 Å². The van der Waals surface area contributed by atoms with E-state index in [1.165, 1.54) is 0 Å². The minimum Gasteiger partial charge on any atom is -0.494 e. The Bertz CT molecular complexity index is 1200. The number of carbonyl (C=O) groups is 2. The zero-order chi connectivity index (χ0) is 22.3. The third-order valence-electron chi connectivity index (χ3n) is 5.28. The Morgan fingerprint density at radius 3 is 2.38 bits per heavy atom. The molecule has 5 nitrogen and oxygen atoms in total. The maximum Gasteiger partial charge on any atom is 0.339 e. The number of fused-ring (bicyclic) bond motifs is 1. The Morgan fingerprint density at radius 2 is 1.62 bits per heavy atom. The van der Waals surface area contributed by atoms with E-state index < -0.39 is 12.1 Å². The first-order chi connectivity index (χ1) is 15.7. The first-order valence-corrected chi connectivity index (χ1v) is 10.8. The van der Waals surface area contributed by atoms with Gasteiger partial charge in [-0.1, -0.05) is 61.9 Å². The molecule has 4 aromatic rings. The lowest BCUT2D eigenvalue weighted by Crippen LogP contribution is -2.20. The van der Waals surface area contributed by atoms with Crippen LogP contribution in [0.3, 0.4) is 0 Å². The van der Waals surface area contributed by atoms with Crippen molar-refractivity contribution in [2.45, 2.75) is 25.9 Å². The molecule has 0 bridgehead atoms. The molecule has 0 spiro atoms. The molecule has 1 aromatic heterocycles. The van der Waals surface area contributed by atoms with E-state index >= 15 is 0 Å². The highest BCUT2D eigenvalue weighted by molar-refractivity contribution is 6.11. The molecule has 1 N–H and O–H groups in total. The number of carbonyl (C=O) groups excluding carboxylic acids is 2. The second-order valence-corrected chi connectivity index (χ2v) is 7.53. The van der Waals surface area contributed by atoms with Crippen LogP contribution in [-0.4, -0.2) is 23.3 Å². The maximum absolute atomic E-state index is 13.5. The average Bonchev–Trinajstić information content (AvgIpc) is 3.27. The number of Topliss-reactive ketones (excluding diaryl/α,β-unsaturated/α-hetero) is 1. The van der Waals surface area contributed by atoms with E-state index in [-0.39, 0.29) is 5.78 Å². The third kappa shape index (κ3) is 4.72. The summed E-state index contributed by atoms with van der Waals surface area (Å²) in [5.74, 6) is -0.141. The zero-order valence-electron chi connectivity index (χ0n) is 17.9. The Balaban J connectivity index is 1.58. The van der Waals surface area contributed by atoms with Gasteiger partial charge in [0.25, 0.3) is 0 Å². The lowest BCUT2D eigenvalue weighted by molar-refractivity contribution is 0.0280. The second kappa shape index (κ2) is 9.96. The van der Waals surface area contributed by atoms with Gasteiger partial charge in [0.15, 0.2) is 6.10 Å². The van der Waals surface area contributed by atoms with E-state index in [0.717, 1.165) is 23.7 Å². The van der Waals surface area contributed by atoms with Crippen LogP contribution in [0.25, 0.3) is 10.9 Å². The highest BCUT2D eigenvalue weighted by atomic mass is 16.5. The van der Waals surface area contributed by atoms with Crippen molar-refractivity contribution < 1.29 is 19.1 Å². The number of H-pyrrole nitrogens is 1. The number of ketones is 1. The molecule has 0 aliphatic heterocycles. The number of hydrogen-bond acceptors (Lipinski definition) is 4. The summed E-state index contributed by atoms with van der Waals surface area (Å²) < 4.78 is 11.4. The molecule has 0 aliphatic carbocycles. The van der Waals surface area contributed by atoms with Crippen molar-refractivity contribution in [3.05, 3.63) is 102 Å². The van der Waals surface area contributed by atoms with Gasteiger partial charge in [-0.15, -0.1) is 0 Å². The average molecular weight is 428 g/mol. The SMILES string of the molecule is CCCCOc1ccc(C(=O)OC(C(=O)c2c[nH]c3ccccc23)c2ccccc2)cc1. The van der Waals surface area contributed by atoms with Crippen LogP contribution in [0.5, 0.6) is 5.75 Å². The van der Waals surface area contributed by atoms with E-state index in [1.807, 2.05) is 42.5 Å². The van der Waals surface area contributed by atoms with Crippen LogP contribution < -0.4 is 4.74 Å². The lowest BCUT2D eigenvalue weighted by Gasteiger charge is -2.17. The minimum atomic E-state index is -1.05. The van der Waals surface area contributed by atoms with E-state index in [4.69, 9.17) is 9.47 Å². The summed E-state index contributed by atoms with van der Waals surface area (Å²) in [4.78, 5) is 29.5. The van der Waals surface area contributed by atoms with Gasteiger partial charge >= 0.3 is 5.97 Å². The molecule has 0 saturated carbocycles. The number of para-hydroxylation sites is 1. The topological polar surface area (TPSA) is 68.4 Å². The first kappa shape index (κ1) is 21.4. The summed E-state index contributed by atoms with van der Waals surface area (Å²) >= 11 is 0. The molecule has 1 atom stereocenters. The Morgan fingerprint density at radius 1 is 0.906 bits per heavy atom. The molecule has 0 aliphatic rings. The van der Waals surface area contributed by atoms with Gasteiger partial charge in [-0.2, -0.15) is 0 Å². The zero-order valence-corrected chi connectivity index (χ0v) is 17.9. The van der Waals surface area contributed by atoms with Crippen LogP contribution in [0, 0.1) is 0 Å². The summed E-state index contributed by atoms with van der Waals surface area (Å²) in [5.41, 5.74) is 2.32. The normalized spacial score (nSPS) is 11.8. The maximum atomic E-state index is 13.5. The molecule has 5 heteroatoms. The van der Waals surface area contributed by atoms with Crippen molar-refractivity contribution in [3.63, 3.8) is 0 Å². The molecule has 1 unspecified atom stereocenters. The number of benzene rings is 3. The first-order valence-electron chi connectivity index (χ1n) is 10.8. The van der Waals surface area contributed by atoms with Crippen molar-refractivity contribution in [2.75, 3.05) is 6.61 Å². The van der Waals surface area contributed by atoms with E-state index in [2.05, 4.69) is 11.9 Å². The number of ether oxygens (including phenoxy) is 2. The summed E-state index contributed by atoms with van der Waals surface area (Å²) in [6.45, 7) is 2.73. The quantitative estimate of drug-likeness (QED) is 0.198. The molecule has 1 heterocycles. The highest BCUT2D eigenvalue weighted by Crippen LogP contribution is 2.28. The van der Waals surface area contributed by atoms with Crippen LogP contribution in [0.1, 0.15) is 52.1 Å². The fourth-order valence-corrected chi connectivity index (χ4v) is 3.51. The number of hydrogen-bond donors (Lipinski definition) is 1. The van der Waals surface area contributed by atoms with Gasteiger partial charge in [0, 0.05) is 28.2 Å². The van der Waals surface area contributed by atoms with Crippen molar-refractivity contribution in [1.29, 1.82) is 0 Å². The molecule has 162 valence electrons. The third-order valence-corrected chi connectivity index (χ3v) is 5.28. The van der Waals surface area contributed by atoms with Crippen molar-refractivity contribution in [3.8, 4) is 5.75 Å². The second-order valence-electron chi connectivity index (χ2n) is 7.53. The number of aromatic amines is 1. The molecule has 0 fully saturated rings. The molecule has 32 heavy (non-hydrogen) atoms. The molecule has 4 rings (SSSR count). The van der Waals surface area contributed by atoms with Crippen molar-refractivity contribution >= 4 is 22.7 Å². The number of unbranched alkanes of at least 4 members (excludes halogenated alkanes) is 1. The van der Waals surface area contributed by atoms with Gasteiger partial charge in [-0.05, 0) is 36.8 Å². The van der Waals surface area contributed by atoms with E-state index in [1.54, 1.807) is 42.6 Å². The Labute approximate surface area is 187 Å². The summed E-state index contributed by atoms with van der Waals surface area (Å²) in [5, 5.41) is 0.795. The fourth-order valence-electron chi connectivity index (χ4n) is 3.51. The predicted molar refractivity (Wildman–Crippen MR) is 124 cm³/mol. The van der Waals surface area contributed by atoms with Gasteiger partial charge in [0.1, 0.15) is 5.75 Å². The Hall–Kier alpha value is -3.86. The van der Waals surface area contributed by atoms with Gasteiger partial charge in [0.2, 0.25) is 5.78 Å². The largest absolute Gasteiger partial charge is 0.494 e. The van der Waals surface area contributed by atoms with Gasteiger partial charge < -0.3 is 14.5 Å². The fraction of sp³-hybridized carbons (Fsp3) is 0.185. The monoisotopic (exact) mass is 427 g/mol. The van der Waals surface area contributed by atoms with Gasteiger partial charge in [-0.25, -0.2) is 4.79 Å². The van der Waals surface area contributed by atoms with Gasteiger partial charge in [0.05, 0.1) is 12.2 Å². The molecule has 3 aromatic carbocycles. The molecule has 0 amide bonds. The van der Waals surface area contributed by atoms with Crippen LogP contribution in [-0.2, 0) is 4.74 Å². The smallest absolute Gasteiger partial charge is 0.339 e. The van der Waals surface area contributed by atoms with Crippen LogP contribution >= 0.6 is 0 Å². The molecular formula is C27H25NO4. The summed E-state index contributed by atoms with van der Waals surface area (Å²) in [6, 6.07) is 23.4. The standard InChI is InChI=1S/C27H25NO4/c1-2-3-17-31-21-15-13-20(14-16-21)27(30)32-26(19-9-5-4-6-10-19)25(29)23-18-28-24-12-8-7-11-22(23)24/h4-16,18,26,28H,2-3,17H2,1H3. The van der Waals surface area contributed by atoms with Crippen LogP contribution in [0.15, 0.2) is 85.1 Å². The number of esters is 1. The number of rotatable bonds is 9. The number of nitrogens with one attached hydrogen (secondary N) is 1. The summed E-state index contributed by atoms with van der Waals surface area (Å²) in [7, 11) is 0. The molecule has 0 saturated heterocycles. The predicted octanol–water partition coefficient (Wildman–Crippen LogP) is 6.13. The van der Waals surface area contributed by atoms with Crippen LogP contribution in [0.2, 0.25) is 0 Å². The van der Waals surface area contributed by atoms with Crippen LogP contribution in [0.4, 0.5) is 0 Å². The van der Waals surface area contributed by atoms with E-state index in [0.29, 0.717) is 29.0 Å². The van der Waals surface area contributed by atoms with E-state index in [9.17, 15) is 9.59 Å². The number of aromatic nitrogens is 1. The molecule has 0 radical (unpaired) electrons. The Kier molecular flexibility index (Phi) is 6.66. The lowest BCUT2D eigenvalue weighted by atomic mass is 9.99. The van der Waals surface area contributed by atoms with Crippen molar-refractivity contribution in [1.82, 2.24) is 4.98 Å².